The second-order valence-corrected chi connectivity index (χ2v) is 6.81. The van der Waals surface area contributed by atoms with E-state index in [1.807, 2.05) is 6.92 Å². The van der Waals surface area contributed by atoms with Crippen molar-refractivity contribution in [2.75, 3.05) is 12.4 Å². The minimum atomic E-state index is -1.02. The summed E-state index contributed by atoms with van der Waals surface area (Å²) in [5.74, 6) is -0.157. The number of benzene rings is 1. The number of hydrogen-bond donors (Lipinski definition) is 1. The van der Waals surface area contributed by atoms with Gasteiger partial charge >= 0.3 is 5.97 Å². The molecule has 0 saturated heterocycles. The lowest BCUT2D eigenvalue weighted by Gasteiger charge is -2.16. The molecule has 1 amide bonds. The Hall–Kier alpha value is -3.20. The number of anilines is 1. The minimum absolute atomic E-state index is 0.0431. The first kappa shape index (κ1) is 20.5. The minimum Gasteiger partial charge on any atom is -0.495 e. The van der Waals surface area contributed by atoms with Crippen molar-refractivity contribution < 1.29 is 19.1 Å². The van der Waals surface area contributed by atoms with Crippen LogP contribution in [0, 0.1) is 13.8 Å². The molecule has 3 aromatic rings. The number of fused-ring (bicyclic) bond motifs is 1. The summed E-state index contributed by atoms with van der Waals surface area (Å²) in [7, 11) is 1.48. The Bertz CT molecular complexity index is 1080. The molecular weight excluding hydrogens is 398 g/mol. The maximum Gasteiger partial charge on any atom is 0.311 e. The topological polar surface area (TPSA) is 108 Å². The van der Waals surface area contributed by atoms with Crippen molar-refractivity contribution in [3.63, 3.8) is 0 Å². The maximum absolute atomic E-state index is 12.4. The average Bonchev–Trinajstić information content (AvgIpc) is 3.13. The largest absolute Gasteiger partial charge is 0.495 e. The Morgan fingerprint density at radius 3 is 2.79 bits per heavy atom. The molecule has 152 valence electrons. The predicted molar refractivity (Wildman–Crippen MR) is 106 cm³/mol. The summed E-state index contributed by atoms with van der Waals surface area (Å²) in [6.07, 6.45) is 0.334. The molecule has 0 aliphatic carbocycles. The van der Waals surface area contributed by atoms with E-state index in [0.717, 1.165) is 5.69 Å². The second-order valence-electron chi connectivity index (χ2n) is 6.38. The zero-order valence-corrected chi connectivity index (χ0v) is 17.1. The van der Waals surface area contributed by atoms with Gasteiger partial charge in [-0.25, -0.2) is 9.50 Å². The number of hydrogen-bond acceptors (Lipinski definition) is 7. The van der Waals surface area contributed by atoms with Gasteiger partial charge < -0.3 is 14.8 Å². The third-order valence-corrected chi connectivity index (χ3v) is 4.64. The highest BCUT2D eigenvalue weighted by Crippen LogP contribution is 2.27. The highest BCUT2D eigenvalue weighted by molar-refractivity contribution is 6.31. The summed E-state index contributed by atoms with van der Waals surface area (Å²) < 4.78 is 12.0. The number of esters is 1. The first-order valence-electron chi connectivity index (χ1n) is 8.80. The Morgan fingerprint density at radius 1 is 1.31 bits per heavy atom. The molecule has 1 atom stereocenters. The molecule has 0 radical (unpaired) electrons. The first-order valence-corrected chi connectivity index (χ1v) is 9.17. The lowest BCUT2D eigenvalue weighted by molar-refractivity contribution is -0.152. The Kier molecular flexibility index (Phi) is 5.97. The van der Waals surface area contributed by atoms with Crippen molar-refractivity contribution in [3.8, 4) is 5.75 Å². The first-order chi connectivity index (χ1) is 13.8. The van der Waals surface area contributed by atoms with Crippen LogP contribution in [-0.2, 0) is 20.7 Å². The molecule has 9 nitrogen and oxygen atoms in total. The van der Waals surface area contributed by atoms with Crippen molar-refractivity contribution in [2.45, 2.75) is 33.3 Å². The molecule has 2 heterocycles. The van der Waals surface area contributed by atoms with Crippen molar-refractivity contribution >= 4 is 34.9 Å². The average molecular weight is 418 g/mol. The number of nitrogens with one attached hydrogen (secondary N) is 1. The van der Waals surface area contributed by atoms with Crippen LogP contribution in [0.3, 0.4) is 0 Å². The molecule has 10 heteroatoms. The van der Waals surface area contributed by atoms with Crippen LogP contribution < -0.4 is 10.1 Å². The zero-order chi connectivity index (χ0) is 21.1. The number of ether oxygens (including phenoxy) is 2. The highest BCUT2D eigenvalue weighted by atomic mass is 35.5. The number of amides is 1. The van der Waals surface area contributed by atoms with E-state index in [9.17, 15) is 9.59 Å². The number of carbonyl (C=O) groups is 2. The van der Waals surface area contributed by atoms with Gasteiger partial charge in [0.15, 0.2) is 6.10 Å². The van der Waals surface area contributed by atoms with E-state index in [4.69, 9.17) is 21.1 Å². The van der Waals surface area contributed by atoms with Gasteiger partial charge in [-0.3, -0.25) is 9.59 Å². The standard InChI is InChI=1S/C19H20ClN5O4/c1-10-14(11(2)25-19(23-10)21-9-22-25)8-17(26)29-12(3)18(27)24-15-7-13(20)5-6-16(15)28-4/h5-7,9,12H,8H2,1-4H3,(H,24,27)/t12-/m1/s1. The van der Waals surface area contributed by atoms with Crippen molar-refractivity contribution in [3.05, 3.63) is 46.5 Å². The number of carbonyl (C=O) groups excluding carboxylic acids is 2. The molecule has 1 aromatic carbocycles. The monoisotopic (exact) mass is 417 g/mol. The molecule has 0 fully saturated rings. The molecule has 3 rings (SSSR count). The lowest BCUT2D eigenvalue weighted by Crippen LogP contribution is -2.31. The second kappa shape index (κ2) is 8.44. The maximum atomic E-state index is 12.4. The molecular formula is C19H20ClN5O4. The van der Waals surface area contributed by atoms with Crippen LogP contribution in [0.2, 0.25) is 5.02 Å². The van der Waals surface area contributed by atoms with E-state index in [-0.39, 0.29) is 6.42 Å². The molecule has 2 aromatic heterocycles. The predicted octanol–water partition coefficient (Wildman–Crippen LogP) is 2.52. The molecule has 29 heavy (non-hydrogen) atoms. The molecule has 0 bridgehead atoms. The van der Waals surface area contributed by atoms with E-state index in [0.29, 0.717) is 33.5 Å². The molecule has 1 N–H and O–H groups in total. The van der Waals surface area contributed by atoms with E-state index < -0.39 is 18.0 Å². The summed E-state index contributed by atoms with van der Waals surface area (Å²) in [5, 5.41) is 7.18. The summed E-state index contributed by atoms with van der Waals surface area (Å²) in [6, 6.07) is 4.83. The van der Waals surface area contributed by atoms with Gasteiger partial charge in [0.25, 0.3) is 11.7 Å². The van der Waals surface area contributed by atoms with Crippen LogP contribution in [0.5, 0.6) is 5.75 Å². The van der Waals surface area contributed by atoms with Crippen molar-refractivity contribution in [1.29, 1.82) is 0 Å². The molecule has 0 unspecified atom stereocenters. The van der Waals surface area contributed by atoms with Gasteiger partial charge in [0.2, 0.25) is 0 Å². The fourth-order valence-electron chi connectivity index (χ4n) is 2.86. The van der Waals surface area contributed by atoms with Gasteiger partial charge in [-0.2, -0.15) is 10.1 Å². The summed E-state index contributed by atoms with van der Waals surface area (Å²) in [6.45, 7) is 5.09. The fraction of sp³-hybridized carbons (Fsp3) is 0.316. The van der Waals surface area contributed by atoms with E-state index in [1.165, 1.54) is 20.4 Å². The molecule has 0 aliphatic rings. The smallest absolute Gasteiger partial charge is 0.311 e. The fourth-order valence-corrected chi connectivity index (χ4v) is 3.03. The Morgan fingerprint density at radius 2 is 2.07 bits per heavy atom. The van der Waals surface area contributed by atoms with Gasteiger partial charge in [0.1, 0.15) is 12.1 Å². The Balaban J connectivity index is 1.68. The molecule has 0 spiro atoms. The van der Waals surface area contributed by atoms with Gasteiger partial charge in [0.05, 0.1) is 19.2 Å². The van der Waals surface area contributed by atoms with Gasteiger partial charge in [-0.05, 0) is 39.0 Å². The molecule has 0 saturated carbocycles. The molecule has 0 aliphatic heterocycles. The van der Waals surface area contributed by atoms with Crippen molar-refractivity contribution in [1.82, 2.24) is 19.6 Å². The SMILES string of the molecule is COc1ccc(Cl)cc1NC(=O)[C@@H](C)OC(=O)Cc1c(C)nc2ncnn2c1C. The number of rotatable bonds is 6. The third kappa shape index (κ3) is 4.45. The van der Waals surface area contributed by atoms with Crippen molar-refractivity contribution in [2.24, 2.45) is 0 Å². The van der Waals surface area contributed by atoms with Crippen LogP contribution >= 0.6 is 11.6 Å². The number of nitrogens with zero attached hydrogens (tertiary/aromatic N) is 4. The van der Waals surface area contributed by atoms with Crippen LogP contribution in [0.25, 0.3) is 5.78 Å². The van der Waals surface area contributed by atoms with Gasteiger partial charge in [-0.15, -0.1) is 0 Å². The van der Waals surface area contributed by atoms with Crippen LogP contribution in [0.1, 0.15) is 23.9 Å². The van der Waals surface area contributed by atoms with Crippen LogP contribution in [-0.4, -0.2) is 44.7 Å². The summed E-state index contributed by atoms with van der Waals surface area (Å²) in [4.78, 5) is 33.2. The quantitative estimate of drug-likeness (QED) is 0.614. The highest BCUT2D eigenvalue weighted by Gasteiger charge is 2.21. The lowest BCUT2D eigenvalue weighted by atomic mass is 10.1. The van der Waals surface area contributed by atoms with Crippen LogP contribution in [0.15, 0.2) is 24.5 Å². The zero-order valence-electron chi connectivity index (χ0n) is 16.4. The number of methoxy groups -OCH3 is 1. The summed E-state index contributed by atoms with van der Waals surface area (Å²) >= 11 is 5.96. The van der Waals surface area contributed by atoms with Gasteiger partial charge in [0, 0.05) is 22.0 Å². The third-order valence-electron chi connectivity index (χ3n) is 4.41. The number of halogens is 1. The number of aromatic nitrogens is 4. The normalized spacial score (nSPS) is 11.9. The van der Waals surface area contributed by atoms with Gasteiger partial charge in [-0.1, -0.05) is 11.6 Å². The van der Waals surface area contributed by atoms with E-state index >= 15 is 0 Å². The van der Waals surface area contributed by atoms with Crippen LogP contribution in [0.4, 0.5) is 5.69 Å². The Labute approximate surface area is 172 Å². The summed E-state index contributed by atoms with van der Waals surface area (Å²) in [5.41, 5.74) is 2.46. The number of aryl methyl sites for hydroxylation is 2. The van der Waals surface area contributed by atoms with E-state index in [1.54, 1.807) is 29.6 Å². The van der Waals surface area contributed by atoms with E-state index in [2.05, 4.69) is 20.4 Å².